The van der Waals surface area contributed by atoms with E-state index in [1.165, 1.54) is 11.1 Å². The maximum atomic E-state index is 5.42. The molecule has 0 spiro atoms. The van der Waals surface area contributed by atoms with Crippen LogP contribution in [0.5, 0.6) is 0 Å². The highest BCUT2D eigenvalue weighted by Crippen LogP contribution is 2.16. The fraction of sp³-hybridized carbons (Fsp3) is 0.600. The van der Waals surface area contributed by atoms with Crippen LogP contribution in [0.4, 0.5) is 0 Å². The Hall–Kier alpha value is -0.900. The van der Waals surface area contributed by atoms with Crippen molar-refractivity contribution in [1.29, 1.82) is 0 Å². The number of nitrogens with zero attached hydrogens (tertiary/aromatic N) is 1. The number of ether oxygens (including phenoxy) is 1. The van der Waals surface area contributed by atoms with E-state index in [2.05, 4.69) is 41.5 Å². The summed E-state index contributed by atoms with van der Waals surface area (Å²) < 4.78 is 5.42. The van der Waals surface area contributed by atoms with Crippen molar-refractivity contribution in [3.05, 3.63) is 35.4 Å². The van der Waals surface area contributed by atoms with Gasteiger partial charge < -0.3 is 10.1 Å². The Morgan fingerprint density at radius 3 is 2.72 bits per heavy atom. The van der Waals surface area contributed by atoms with E-state index in [4.69, 9.17) is 4.74 Å². The van der Waals surface area contributed by atoms with E-state index in [9.17, 15) is 0 Å². The van der Waals surface area contributed by atoms with Gasteiger partial charge in [0.2, 0.25) is 0 Å². The standard InChI is InChI=1S/C15H24N2O/c1-16-11-13-4-3-5-14(10-13)12-17(2)15-6-8-18-9-7-15/h3-5,10,15-16H,6-9,11-12H2,1-2H3. The van der Waals surface area contributed by atoms with Crippen LogP contribution in [-0.2, 0) is 17.8 Å². The summed E-state index contributed by atoms with van der Waals surface area (Å²) in [7, 11) is 4.21. The van der Waals surface area contributed by atoms with Gasteiger partial charge >= 0.3 is 0 Å². The van der Waals surface area contributed by atoms with Crippen molar-refractivity contribution in [3.8, 4) is 0 Å². The molecule has 1 aliphatic heterocycles. The average Bonchev–Trinajstić information content (AvgIpc) is 2.40. The first-order valence-electron chi connectivity index (χ1n) is 6.80. The Balaban J connectivity index is 1.93. The predicted molar refractivity (Wildman–Crippen MR) is 74.5 cm³/mol. The minimum atomic E-state index is 0.673. The molecule has 0 atom stereocenters. The average molecular weight is 248 g/mol. The van der Waals surface area contributed by atoms with Crippen LogP contribution in [0.15, 0.2) is 24.3 Å². The topological polar surface area (TPSA) is 24.5 Å². The Kier molecular flexibility index (Phi) is 5.17. The molecule has 1 N–H and O–H groups in total. The molecule has 0 aliphatic carbocycles. The van der Waals surface area contributed by atoms with Gasteiger partial charge in [-0.25, -0.2) is 0 Å². The lowest BCUT2D eigenvalue weighted by molar-refractivity contribution is 0.0407. The molecule has 1 aromatic rings. The van der Waals surface area contributed by atoms with Crippen LogP contribution < -0.4 is 5.32 Å². The lowest BCUT2D eigenvalue weighted by Crippen LogP contribution is -2.36. The molecule has 1 aromatic carbocycles. The molecule has 2 rings (SSSR count). The summed E-state index contributed by atoms with van der Waals surface area (Å²) in [6, 6.07) is 9.52. The van der Waals surface area contributed by atoms with Crippen LogP contribution >= 0.6 is 0 Å². The maximum absolute atomic E-state index is 5.42. The molecule has 0 saturated carbocycles. The number of hydrogen-bond donors (Lipinski definition) is 1. The van der Waals surface area contributed by atoms with Crippen LogP contribution in [0.25, 0.3) is 0 Å². The van der Waals surface area contributed by atoms with Crippen LogP contribution in [0, 0.1) is 0 Å². The van der Waals surface area contributed by atoms with E-state index >= 15 is 0 Å². The molecule has 1 aliphatic rings. The summed E-state index contributed by atoms with van der Waals surface area (Å²) in [6.45, 7) is 3.79. The number of nitrogens with one attached hydrogen (secondary N) is 1. The zero-order chi connectivity index (χ0) is 12.8. The SMILES string of the molecule is CNCc1cccc(CN(C)C2CCOCC2)c1. The third kappa shape index (κ3) is 3.80. The van der Waals surface area contributed by atoms with Crippen molar-refractivity contribution >= 4 is 0 Å². The maximum Gasteiger partial charge on any atom is 0.0480 e. The summed E-state index contributed by atoms with van der Waals surface area (Å²) in [5.74, 6) is 0. The summed E-state index contributed by atoms with van der Waals surface area (Å²) in [5, 5.41) is 3.20. The van der Waals surface area contributed by atoms with Crippen molar-refractivity contribution in [2.24, 2.45) is 0 Å². The second-order valence-electron chi connectivity index (χ2n) is 5.11. The van der Waals surface area contributed by atoms with Gasteiger partial charge in [-0.1, -0.05) is 24.3 Å². The molecule has 100 valence electrons. The molecule has 1 heterocycles. The van der Waals surface area contributed by atoms with Gasteiger partial charge in [-0.3, -0.25) is 4.90 Å². The second-order valence-corrected chi connectivity index (χ2v) is 5.11. The van der Waals surface area contributed by atoms with E-state index in [0.717, 1.165) is 39.1 Å². The third-order valence-corrected chi connectivity index (χ3v) is 3.62. The Morgan fingerprint density at radius 1 is 1.28 bits per heavy atom. The fourth-order valence-electron chi connectivity index (χ4n) is 2.59. The first kappa shape index (κ1) is 13.5. The lowest BCUT2D eigenvalue weighted by Gasteiger charge is -2.31. The molecule has 0 unspecified atom stereocenters. The number of benzene rings is 1. The fourth-order valence-corrected chi connectivity index (χ4v) is 2.59. The van der Waals surface area contributed by atoms with Gasteiger partial charge in [-0.05, 0) is 38.1 Å². The van der Waals surface area contributed by atoms with Crippen LogP contribution in [0.2, 0.25) is 0 Å². The van der Waals surface area contributed by atoms with Gasteiger partial charge in [0, 0.05) is 32.3 Å². The molecule has 18 heavy (non-hydrogen) atoms. The van der Waals surface area contributed by atoms with Crippen LogP contribution in [0.1, 0.15) is 24.0 Å². The Morgan fingerprint density at radius 2 is 2.00 bits per heavy atom. The molecule has 0 radical (unpaired) electrons. The summed E-state index contributed by atoms with van der Waals surface area (Å²) in [6.07, 6.45) is 2.32. The van der Waals surface area contributed by atoms with E-state index < -0.39 is 0 Å². The van der Waals surface area contributed by atoms with Gasteiger partial charge in [0.25, 0.3) is 0 Å². The smallest absolute Gasteiger partial charge is 0.0480 e. The minimum absolute atomic E-state index is 0.673. The highest BCUT2D eigenvalue weighted by molar-refractivity contribution is 5.23. The third-order valence-electron chi connectivity index (χ3n) is 3.62. The largest absolute Gasteiger partial charge is 0.381 e. The molecule has 3 nitrogen and oxygen atoms in total. The number of hydrogen-bond acceptors (Lipinski definition) is 3. The first-order valence-corrected chi connectivity index (χ1v) is 6.80. The first-order chi connectivity index (χ1) is 8.79. The van der Waals surface area contributed by atoms with Crippen molar-refractivity contribution in [2.75, 3.05) is 27.3 Å². The van der Waals surface area contributed by atoms with Gasteiger partial charge in [0.1, 0.15) is 0 Å². The molecule has 0 amide bonds. The van der Waals surface area contributed by atoms with Gasteiger partial charge in [-0.2, -0.15) is 0 Å². The van der Waals surface area contributed by atoms with Gasteiger partial charge in [0.05, 0.1) is 0 Å². The molecule has 1 fully saturated rings. The molecule has 0 aromatic heterocycles. The molecule has 1 saturated heterocycles. The zero-order valence-corrected chi connectivity index (χ0v) is 11.5. The van der Waals surface area contributed by atoms with Crippen molar-refractivity contribution in [3.63, 3.8) is 0 Å². The predicted octanol–water partition coefficient (Wildman–Crippen LogP) is 2.02. The van der Waals surface area contributed by atoms with Crippen molar-refractivity contribution in [2.45, 2.75) is 32.0 Å². The highest BCUT2D eigenvalue weighted by atomic mass is 16.5. The normalized spacial score (nSPS) is 17.3. The summed E-state index contributed by atoms with van der Waals surface area (Å²) in [4.78, 5) is 2.46. The van der Waals surface area contributed by atoms with Gasteiger partial charge in [0.15, 0.2) is 0 Å². The van der Waals surface area contributed by atoms with Crippen molar-refractivity contribution in [1.82, 2.24) is 10.2 Å². The molecular weight excluding hydrogens is 224 g/mol. The monoisotopic (exact) mass is 248 g/mol. The van der Waals surface area contributed by atoms with Crippen molar-refractivity contribution < 1.29 is 4.74 Å². The minimum Gasteiger partial charge on any atom is -0.381 e. The zero-order valence-electron chi connectivity index (χ0n) is 11.5. The molecular formula is C15H24N2O. The van der Waals surface area contributed by atoms with E-state index in [0.29, 0.717) is 6.04 Å². The molecule has 3 heteroatoms. The van der Waals surface area contributed by atoms with E-state index in [1.807, 2.05) is 7.05 Å². The molecule has 0 bridgehead atoms. The summed E-state index contributed by atoms with van der Waals surface area (Å²) >= 11 is 0. The lowest BCUT2D eigenvalue weighted by atomic mass is 10.1. The van der Waals surface area contributed by atoms with E-state index in [1.54, 1.807) is 0 Å². The van der Waals surface area contributed by atoms with Crippen LogP contribution in [-0.4, -0.2) is 38.3 Å². The van der Waals surface area contributed by atoms with Gasteiger partial charge in [-0.15, -0.1) is 0 Å². The summed E-state index contributed by atoms with van der Waals surface area (Å²) in [5.41, 5.74) is 2.76. The Labute approximate surface area is 110 Å². The quantitative estimate of drug-likeness (QED) is 0.863. The second kappa shape index (κ2) is 6.88. The Bertz CT molecular complexity index is 361. The van der Waals surface area contributed by atoms with Crippen LogP contribution in [0.3, 0.4) is 0 Å². The highest BCUT2D eigenvalue weighted by Gasteiger charge is 2.18. The number of rotatable bonds is 5. The van der Waals surface area contributed by atoms with E-state index in [-0.39, 0.29) is 0 Å².